The minimum atomic E-state index is 0.553. The molecule has 0 aliphatic carbocycles. The molecule has 0 bridgehead atoms. The summed E-state index contributed by atoms with van der Waals surface area (Å²) in [6, 6.07) is 6.24. The zero-order valence-electron chi connectivity index (χ0n) is 9.48. The van der Waals surface area contributed by atoms with Gasteiger partial charge in [0, 0.05) is 25.8 Å². The van der Waals surface area contributed by atoms with Crippen molar-refractivity contribution in [1.82, 2.24) is 10.3 Å². The maximum absolute atomic E-state index is 8.82. The van der Waals surface area contributed by atoms with Gasteiger partial charge in [-0.3, -0.25) is 0 Å². The SMILES string of the molecule is CN(C[C@H]1CCCN1)c1cc(C#N)ccn1. The third-order valence-corrected chi connectivity index (χ3v) is 2.92. The van der Waals surface area contributed by atoms with Crippen LogP contribution in [0.5, 0.6) is 0 Å². The van der Waals surface area contributed by atoms with Gasteiger partial charge in [0.15, 0.2) is 0 Å². The largest absolute Gasteiger partial charge is 0.358 e. The van der Waals surface area contributed by atoms with Gasteiger partial charge in [-0.2, -0.15) is 5.26 Å². The van der Waals surface area contributed by atoms with Crippen molar-refractivity contribution in [2.45, 2.75) is 18.9 Å². The van der Waals surface area contributed by atoms with Crippen LogP contribution in [0.3, 0.4) is 0 Å². The number of nitrogens with one attached hydrogen (secondary N) is 1. The lowest BCUT2D eigenvalue weighted by molar-refractivity contribution is 0.597. The Kier molecular flexibility index (Phi) is 3.37. The van der Waals surface area contributed by atoms with Gasteiger partial charge in [-0.05, 0) is 31.5 Å². The number of hydrogen-bond acceptors (Lipinski definition) is 4. The predicted molar refractivity (Wildman–Crippen MR) is 63.2 cm³/mol. The van der Waals surface area contributed by atoms with Crippen LogP contribution in [0.1, 0.15) is 18.4 Å². The molecule has 1 N–H and O–H groups in total. The molecule has 0 unspecified atom stereocenters. The van der Waals surface area contributed by atoms with Crippen LogP contribution in [0, 0.1) is 11.3 Å². The number of nitrogens with zero attached hydrogens (tertiary/aromatic N) is 3. The Morgan fingerprint density at radius 2 is 2.56 bits per heavy atom. The summed E-state index contributed by atoms with van der Waals surface area (Å²) < 4.78 is 0. The summed E-state index contributed by atoms with van der Waals surface area (Å²) in [5.74, 6) is 0.868. The molecule has 0 saturated carbocycles. The van der Waals surface area contributed by atoms with E-state index < -0.39 is 0 Å². The summed E-state index contributed by atoms with van der Waals surface area (Å²) in [5, 5.41) is 12.3. The first-order valence-corrected chi connectivity index (χ1v) is 5.60. The molecule has 2 rings (SSSR count). The Morgan fingerprint density at radius 1 is 1.69 bits per heavy atom. The zero-order valence-corrected chi connectivity index (χ0v) is 9.48. The van der Waals surface area contributed by atoms with Crippen LogP contribution in [-0.2, 0) is 0 Å². The second-order valence-electron chi connectivity index (χ2n) is 4.19. The lowest BCUT2D eigenvalue weighted by atomic mass is 10.2. The molecule has 84 valence electrons. The predicted octanol–water partition coefficient (Wildman–Crippen LogP) is 1.14. The maximum Gasteiger partial charge on any atom is 0.129 e. The number of anilines is 1. The molecule has 2 heterocycles. The van der Waals surface area contributed by atoms with Gasteiger partial charge < -0.3 is 10.2 Å². The van der Waals surface area contributed by atoms with Gasteiger partial charge >= 0.3 is 0 Å². The van der Waals surface area contributed by atoms with Gasteiger partial charge in [0.25, 0.3) is 0 Å². The molecule has 1 atom stereocenters. The van der Waals surface area contributed by atoms with Crippen LogP contribution in [0.15, 0.2) is 18.3 Å². The summed E-state index contributed by atoms with van der Waals surface area (Å²) in [4.78, 5) is 6.38. The summed E-state index contributed by atoms with van der Waals surface area (Å²) in [5.41, 5.74) is 0.663. The molecule has 1 fully saturated rings. The first-order valence-electron chi connectivity index (χ1n) is 5.60. The fourth-order valence-electron chi connectivity index (χ4n) is 2.03. The molecule has 4 heteroatoms. The van der Waals surface area contributed by atoms with Crippen molar-refractivity contribution in [1.29, 1.82) is 5.26 Å². The van der Waals surface area contributed by atoms with Crippen molar-refractivity contribution in [3.8, 4) is 6.07 Å². The molecule has 0 radical (unpaired) electrons. The smallest absolute Gasteiger partial charge is 0.129 e. The summed E-state index contributed by atoms with van der Waals surface area (Å²) in [6.45, 7) is 2.06. The molecule has 1 aromatic heterocycles. The van der Waals surface area contributed by atoms with E-state index in [1.807, 2.05) is 13.1 Å². The summed E-state index contributed by atoms with van der Waals surface area (Å²) in [6.07, 6.45) is 4.17. The van der Waals surface area contributed by atoms with E-state index in [0.717, 1.165) is 18.9 Å². The van der Waals surface area contributed by atoms with Crippen LogP contribution < -0.4 is 10.2 Å². The Labute approximate surface area is 95.9 Å². The van der Waals surface area contributed by atoms with Crippen molar-refractivity contribution >= 4 is 5.82 Å². The van der Waals surface area contributed by atoms with Crippen molar-refractivity contribution in [2.24, 2.45) is 0 Å². The zero-order chi connectivity index (χ0) is 11.4. The highest BCUT2D eigenvalue weighted by molar-refractivity contribution is 5.44. The average Bonchev–Trinajstić information content (AvgIpc) is 2.82. The molecule has 1 aliphatic heterocycles. The van der Waals surface area contributed by atoms with E-state index in [4.69, 9.17) is 5.26 Å². The van der Waals surface area contributed by atoms with E-state index in [-0.39, 0.29) is 0 Å². The first-order chi connectivity index (χ1) is 7.79. The van der Waals surface area contributed by atoms with Crippen LogP contribution in [-0.4, -0.2) is 31.2 Å². The van der Waals surface area contributed by atoms with Crippen LogP contribution in [0.4, 0.5) is 5.82 Å². The topological polar surface area (TPSA) is 52.0 Å². The highest BCUT2D eigenvalue weighted by atomic mass is 15.2. The summed E-state index contributed by atoms with van der Waals surface area (Å²) >= 11 is 0. The maximum atomic E-state index is 8.82. The molecule has 1 saturated heterocycles. The van der Waals surface area contributed by atoms with E-state index in [1.165, 1.54) is 12.8 Å². The van der Waals surface area contributed by atoms with Gasteiger partial charge in [-0.15, -0.1) is 0 Å². The molecule has 0 aromatic carbocycles. The molecule has 0 amide bonds. The quantitative estimate of drug-likeness (QED) is 0.823. The number of rotatable bonds is 3. The van der Waals surface area contributed by atoms with E-state index in [1.54, 1.807) is 12.3 Å². The van der Waals surface area contributed by atoms with E-state index in [0.29, 0.717) is 11.6 Å². The molecule has 4 nitrogen and oxygen atoms in total. The van der Waals surface area contributed by atoms with E-state index >= 15 is 0 Å². The number of aromatic nitrogens is 1. The summed E-state index contributed by atoms with van der Waals surface area (Å²) in [7, 11) is 2.02. The second kappa shape index (κ2) is 4.95. The lowest BCUT2D eigenvalue weighted by Gasteiger charge is -2.22. The van der Waals surface area contributed by atoms with Gasteiger partial charge in [-0.25, -0.2) is 4.98 Å². The van der Waals surface area contributed by atoms with Gasteiger partial charge in [-0.1, -0.05) is 0 Å². The van der Waals surface area contributed by atoms with E-state index in [9.17, 15) is 0 Å². The second-order valence-corrected chi connectivity index (χ2v) is 4.19. The number of pyridine rings is 1. The molecular weight excluding hydrogens is 200 g/mol. The van der Waals surface area contributed by atoms with Gasteiger partial charge in [0.2, 0.25) is 0 Å². The fraction of sp³-hybridized carbons (Fsp3) is 0.500. The van der Waals surface area contributed by atoms with Gasteiger partial charge in [0.05, 0.1) is 11.6 Å². The normalized spacial score (nSPS) is 19.4. The Hall–Kier alpha value is -1.60. The van der Waals surface area contributed by atoms with Crippen LogP contribution in [0.25, 0.3) is 0 Å². The monoisotopic (exact) mass is 216 g/mol. The van der Waals surface area contributed by atoms with Gasteiger partial charge in [0.1, 0.15) is 5.82 Å². The lowest BCUT2D eigenvalue weighted by Crippen LogP contribution is -2.35. The highest BCUT2D eigenvalue weighted by Gasteiger charge is 2.16. The number of hydrogen-bond donors (Lipinski definition) is 1. The number of nitriles is 1. The van der Waals surface area contributed by atoms with E-state index in [2.05, 4.69) is 21.3 Å². The highest BCUT2D eigenvalue weighted by Crippen LogP contribution is 2.13. The minimum absolute atomic E-state index is 0.553. The third-order valence-electron chi connectivity index (χ3n) is 2.92. The third kappa shape index (κ3) is 2.50. The average molecular weight is 216 g/mol. The molecule has 1 aliphatic rings. The van der Waals surface area contributed by atoms with Crippen molar-refractivity contribution < 1.29 is 0 Å². The first kappa shape index (κ1) is 10.9. The molecule has 16 heavy (non-hydrogen) atoms. The minimum Gasteiger partial charge on any atom is -0.358 e. The van der Waals surface area contributed by atoms with Crippen molar-refractivity contribution in [2.75, 3.05) is 25.0 Å². The molecule has 1 aromatic rings. The van der Waals surface area contributed by atoms with Crippen LogP contribution >= 0.6 is 0 Å². The fourth-order valence-corrected chi connectivity index (χ4v) is 2.03. The Morgan fingerprint density at radius 3 is 3.25 bits per heavy atom. The van der Waals surface area contributed by atoms with Crippen LogP contribution in [0.2, 0.25) is 0 Å². The number of likely N-dealkylation sites (N-methyl/N-ethyl adjacent to an activating group) is 1. The molecule has 0 spiro atoms. The van der Waals surface area contributed by atoms with Crippen molar-refractivity contribution in [3.05, 3.63) is 23.9 Å². The molecular formula is C12H16N4. The Balaban J connectivity index is 2.02. The Bertz CT molecular complexity index is 390. The van der Waals surface area contributed by atoms with Crippen molar-refractivity contribution in [3.63, 3.8) is 0 Å². The standard InChI is InChI=1S/C12H16N4/c1-16(9-11-3-2-5-14-11)12-7-10(8-13)4-6-15-12/h4,6-7,11,14H,2-3,5,9H2,1H3/t11-/m1/s1.